The van der Waals surface area contributed by atoms with Crippen molar-refractivity contribution in [3.63, 3.8) is 0 Å². The first-order valence-electron chi connectivity index (χ1n) is 7.31. The SMILES string of the molecule is Cc1cc(C)c2c(C)c3c(C)cc(C)cc3c(C)c2c1. The van der Waals surface area contributed by atoms with Crippen molar-refractivity contribution in [3.8, 4) is 0 Å². The summed E-state index contributed by atoms with van der Waals surface area (Å²) in [5.41, 5.74) is 8.32. The average molecular weight is 262 g/mol. The Labute approximate surface area is 121 Å². The van der Waals surface area contributed by atoms with E-state index in [2.05, 4.69) is 65.8 Å². The van der Waals surface area contributed by atoms with Gasteiger partial charge in [0.25, 0.3) is 0 Å². The Kier molecular flexibility index (Phi) is 2.86. The molecular formula is C20H22. The Morgan fingerprint density at radius 3 is 1.30 bits per heavy atom. The number of rotatable bonds is 0. The van der Waals surface area contributed by atoms with Crippen LogP contribution < -0.4 is 0 Å². The molecule has 0 fully saturated rings. The number of hydrogen-bond acceptors (Lipinski definition) is 0. The molecule has 0 unspecified atom stereocenters. The minimum Gasteiger partial charge on any atom is -0.0557 e. The summed E-state index contributed by atoms with van der Waals surface area (Å²) in [6.07, 6.45) is 0. The van der Waals surface area contributed by atoms with E-state index in [9.17, 15) is 0 Å². The Hall–Kier alpha value is -1.82. The molecule has 3 aromatic rings. The van der Waals surface area contributed by atoms with Crippen LogP contribution in [0.1, 0.15) is 33.4 Å². The quantitative estimate of drug-likeness (QED) is 0.446. The highest BCUT2D eigenvalue weighted by atomic mass is 14.2. The van der Waals surface area contributed by atoms with Gasteiger partial charge < -0.3 is 0 Å². The fourth-order valence-corrected chi connectivity index (χ4v) is 3.79. The second kappa shape index (κ2) is 4.34. The van der Waals surface area contributed by atoms with Gasteiger partial charge in [0.15, 0.2) is 0 Å². The van der Waals surface area contributed by atoms with Crippen LogP contribution in [0.2, 0.25) is 0 Å². The monoisotopic (exact) mass is 262 g/mol. The van der Waals surface area contributed by atoms with Crippen LogP contribution in [0.3, 0.4) is 0 Å². The van der Waals surface area contributed by atoms with Gasteiger partial charge in [0, 0.05) is 0 Å². The normalized spacial score (nSPS) is 11.5. The van der Waals surface area contributed by atoms with Gasteiger partial charge >= 0.3 is 0 Å². The van der Waals surface area contributed by atoms with Gasteiger partial charge in [-0.05, 0) is 85.3 Å². The van der Waals surface area contributed by atoms with E-state index in [-0.39, 0.29) is 0 Å². The van der Waals surface area contributed by atoms with Gasteiger partial charge in [0.05, 0.1) is 0 Å². The van der Waals surface area contributed by atoms with Gasteiger partial charge in [-0.1, -0.05) is 35.4 Å². The molecule has 3 aromatic carbocycles. The molecule has 102 valence electrons. The van der Waals surface area contributed by atoms with Gasteiger partial charge in [-0.2, -0.15) is 0 Å². The number of benzene rings is 3. The number of fused-ring (bicyclic) bond motifs is 2. The molecule has 0 saturated heterocycles. The summed E-state index contributed by atoms with van der Waals surface area (Å²) in [5.74, 6) is 0. The smallest absolute Gasteiger partial charge is 0.0116 e. The molecule has 0 amide bonds. The summed E-state index contributed by atoms with van der Waals surface area (Å²) in [5, 5.41) is 5.70. The fourth-order valence-electron chi connectivity index (χ4n) is 3.79. The maximum Gasteiger partial charge on any atom is -0.0116 e. The third-order valence-corrected chi connectivity index (χ3v) is 4.52. The zero-order chi connectivity index (χ0) is 14.6. The average Bonchev–Trinajstić information content (AvgIpc) is 2.34. The van der Waals surface area contributed by atoms with E-state index in [1.165, 1.54) is 54.9 Å². The summed E-state index contributed by atoms with van der Waals surface area (Å²) >= 11 is 0. The first-order valence-corrected chi connectivity index (χ1v) is 7.31. The van der Waals surface area contributed by atoms with Crippen molar-refractivity contribution in [1.29, 1.82) is 0 Å². The molecule has 0 heterocycles. The van der Waals surface area contributed by atoms with E-state index in [4.69, 9.17) is 0 Å². The summed E-state index contributed by atoms with van der Waals surface area (Å²) < 4.78 is 0. The predicted octanol–water partition coefficient (Wildman–Crippen LogP) is 5.84. The lowest BCUT2D eigenvalue weighted by Crippen LogP contribution is -1.94. The molecule has 0 aliphatic carbocycles. The fraction of sp³-hybridized carbons (Fsp3) is 0.300. The largest absolute Gasteiger partial charge is 0.0557 e. The summed E-state index contributed by atoms with van der Waals surface area (Å²) in [4.78, 5) is 0. The van der Waals surface area contributed by atoms with Crippen LogP contribution in [-0.2, 0) is 0 Å². The van der Waals surface area contributed by atoms with Gasteiger partial charge in [0.1, 0.15) is 0 Å². The maximum absolute atomic E-state index is 2.34. The Balaban J connectivity index is 2.68. The van der Waals surface area contributed by atoms with Crippen LogP contribution in [0, 0.1) is 41.5 Å². The van der Waals surface area contributed by atoms with E-state index in [1.54, 1.807) is 0 Å². The molecule has 20 heavy (non-hydrogen) atoms. The van der Waals surface area contributed by atoms with Crippen molar-refractivity contribution >= 4 is 21.5 Å². The zero-order valence-corrected chi connectivity index (χ0v) is 13.3. The first-order chi connectivity index (χ1) is 9.40. The van der Waals surface area contributed by atoms with E-state index in [0.717, 1.165) is 0 Å². The standard InChI is InChI=1S/C20H22/c1-11-7-13(3)19-16(6)20-14(4)8-12(2)10-18(20)15(5)17(19)9-11/h7-10H,1-6H3. The molecule has 0 spiro atoms. The summed E-state index contributed by atoms with van der Waals surface area (Å²) in [7, 11) is 0. The van der Waals surface area contributed by atoms with E-state index < -0.39 is 0 Å². The highest BCUT2D eigenvalue weighted by Gasteiger charge is 2.13. The Morgan fingerprint density at radius 2 is 0.900 bits per heavy atom. The lowest BCUT2D eigenvalue weighted by atomic mass is 9.87. The topological polar surface area (TPSA) is 0 Å². The molecule has 3 rings (SSSR count). The van der Waals surface area contributed by atoms with E-state index in [1.807, 2.05) is 0 Å². The lowest BCUT2D eigenvalue weighted by molar-refractivity contribution is 1.37. The zero-order valence-electron chi connectivity index (χ0n) is 13.3. The van der Waals surface area contributed by atoms with Crippen molar-refractivity contribution < 1.29 is 0 Å². The van der Waals surface area contributed by atoms with Crippen molar-refractivity contribution in [1.82, 2.24) is 0 Å². The van der Waals surface area contributed by atoms with Gasteiger partial charge in [0.2, 0.25) is 0 Å². The van der Waals surface area contributed by atoms with Gasteiger partial charge in [-0.3, -0.25) is 0 Å². The van der Waals surface area contributed by atoms with E-state index in [0.29, 0.717) is 0 Å². The molecule has 0 aliphatic rings. The lowest BCUT2D eigenvalue weighted by Gasteiger charge is -2.17. The van der Waals surface area contributed by atoms with Crippen LogP contribution in [0.25, 0.3) is 21.5 Å². The summed E-state index contributed by atoms with van der Waals surface area (Å²) in [6.45, 7) is 13.4. The van der Waals surface area contributed by atoms with Gasteiger partial charge in [-0.15, -0.1) is 0 Å². The van der Waals surface area contributed by atoms with Crippen molar-refractivity contribution in [2.75, 3.05) is 0 Å². The third kappa shape index (κ3) is 1.75. The molecule has 0 saturated carbocycles. The predicted molar refractivity (Wildman–Crippen MR) is 89.9 cm³/mol. The van der Waals surface area contributed by atoms with Crippen LogP contribution in [0.4, 0.5) is 0 Å². The number of aryl methyl sites for hydroxylation is 6. The second-order valence-corrected chi connectivity index (χ2v) is 6.26. The molecule has 0 heteroatoms. The van der Waals surface area contributed by atoms with E-state index >= 15 is 0 Å². The highest BCUT2D eigenvalue weighted by molar-refractivity contribution is 6.08. The second-order valence-electron chi connectivity index (χ2n) is 6.26. The third-order valence-electron chi connectivity index (χ3n) is 4.52. The van der Waals surface area contributed by atoms with Crippen LogP contribution in [0.15, 0.2) is 24.3 Å². The summed E-state index contributed by atoms with van der Waals surface area (Å²) in [6, 6.07) is 9.26. The molecule has 0 bridgehead atoms. The highest BCUT2D eigenvalue weighted by Crippen LogP contribution is 2.36. The minimum atomic E-state index is 1.35. The van der Waals surface area contributed by atoms with Crippen LogP contribution >= 0.6 is 0 Å². The molecule has 0 aliphatic heterocycles. The molecule has 0 N–H and O–H groups in total. The Bertz CT molecular complexity index is 782. The molecule has 0 aromatic heterocycles. The maximum atomic E-state index is 2.34. The van der Waals surface area contributed by atoms with Crippen LogP contribution in [-0.4, -0.2) is 0 Å². The van der Waals surface area contributed by atoms with Crippen molar-refractivity contribution in [2.24, 2.45) is 0 Å². The van der Waals surface area contributed by atoms with Crippen molar-refractivity contribution in [3.05, 3.63) is 57.6 Å². The molecule has 0 nitrogen and oxygen atoms in total. The minimum absolute atomic E-state index is 1.35. The molecule has 0 radical (unpaired) electrons. The van der Waals surface area contributed by atoms with Crippen molar-refractivity contribution in [2.45, 2.75) is 41.5 Å². The Morgan fingerprint density at radius 1 is 0.500 bits per heavy atom. The molecule has 0 atom stereocenters. The number of hydrogen-bond donors (Lipinski definition) is 0. The first kappa shape index (κ1) is 13.2. The van der Waals surface area contributed by atoms with Gasteiger partial charge in [-0.25, -0.2) is 0 Å². The molecular weight excluding hydrogens is 240 g/mol. The van der Waals surface area contributed by atoms with Crippen LogP contribution in [0.5, 0.6) is 0 Å².